The Bertz CT molecular complexity index is 674. The molecule has 1 saturated carbocycles. The van der Waals surface area contributed by atoms with Gasteiger partial charge in [0.1, 0.15) is 0 Å². The summed E-state index contributed by atoms with van der Waals surface area (Å²) in [6, 6.07) is 6.34. The molecule has 0 unspecified atom stereocenters. The van der Waals surface area contributed by atoms with Crippen molar-refractivity contribution in [3.05, 3.63) is 39.6 Å². The SMILES string of the molecule is NC1CCC(Nc2cc(-n3ncoc3=O)ccc2Br)CC1. The van der Waals surface area contributed by atoms with Crippen molar-refractivity contribution < 1.29 is 4.42 Å². The first-order chi connectivity index (χ1) is 10.1. The molecule has 1 aliphatic carbocycles. The Labute approximate surface area is 130 Å². The molecular formula is C14H17BrN4O2. The molecule has 3 N–H and O–H groups in total. The molecule has 0 saturated heterocycles. The number of nitrogens with two attached hydrogens (primary N) is 1. The van der Waals surface area contributed by atoms with Gasteiger partial charge in [-0.05, 0) is 59.8 Å². The van der Waals surface area contributed by atoms with E-state index in [4.69, 9.17) is 10.2 Å². The highest BCUT2D eigenvalue weighted by Gasteiger charge is 2.19. The van der Waals surface area contributed by atoms with Gasteiger partial charge in [0.05, 0.1) is 11.4 Å². The number of nitrogens with one attached hydrogen (secondary N) is 1. The van der Waals surface area contributed by atoms with E-state index in [-0.39, 0.29) is 0 Å². The number of nitrogens with zero attached hydrogens (tertiary/aromatic N) is 2. The maximum Gasteiger partial charge on any atom is 0.441 e. The van der Waals surface area contributed by atoms with E-state index in [0.717, 1.165) is 42.2 Å². The molecule has 0 amide bonds. The molecule has 1 heterocycles. The Balaban J connectivity index is 1.82. The van der Waals surface area contributed by atoms with Crippen LogP contribution in [0.3, 0.4) is 0 Å². The maximum absolute atomic E-state index is 11.5. The number of aromatic nitrogens is 2. The highest BCUT2D eigenvalue weighted by Crippen LogP contribution is 2.28. The molecule has 1 aromatic carbocycles. The van der Waals surface area contributed by atoms with Crippen molar-refractivity contribution in [2.75, 3.05) is 5.32 Å². The highest BCUT2D eigenvalue weighted by atomic mass is 79.9. The van der Waals surface area contributed by atoms with E-state index < -0.39 is 5.76 Å². The van der Waals surface area contributed by atoms with Crippen LogP contribution in [0, 0.1) is 0 Å². The predicted octanol–water partition coefficient (Wildman–Crippen LogP) is 2.27. The van der Waals surface area contributed by atoms with E-state index in [1.807, 2.05) is 18.2 Å². The van der Waals surface area contributed by atoms with Crippen molar-refractivity contribution in [3.8, 4) is 5.69 Å². The monoisotopic (exact) mass is 352 g/mol. The van der Waals surface area contributed by atoms with Gasteiger partial charge in [-0.1, -0.05) is 0 Å². The maximum atomic E-state index is 11.5. The number of hydrogen-bond donors (Lipinski definition) is 2. The Morgan fingerprint density at radius 3 is 2.76 bits per heavy atom. The number of hydrogen-bond acceptors (Lipinski definition) is 5. The van der Waals surface area contributed by atoms with Crippen LogP contribution in [-0.4, -0.2) is 21.9 Å². The molecule has 1 aliphatic rings. The molecule has 2 aromatic rings. The Morgan fingerprint density at radius 1 is 1.33 bits per heavy atom. The number of halogens is 1. The van der Waals surface area contributed by atoms with Crippen LogP contribution in [0.25, 0.3) is 5.69 Å². The van der Waals surface area contributed by atoms with Gasteiger partial charge in [-0.3, -0.25) is 0 Å². The number of rotatable bonds is 3. The van der Waals surface area contributed by atoms with Gasteiger partial charge in [-0.2, -0.15) is 4.68 Å². The van der Waals surface area contributed by atoms with Gasteiger partial charge in [0.25, 0.3) is 0 Å². The molecule has 112 valence electrons. The molecular weight excluding hydrogens is 336 g/mol. The van der Waals surface area contributed by atoms with E-state index in [1.165, 1.54) is 4.68 Å². The summed E-state index contributed by atoms with van der Waals surface area (Å²) < 4.78 is 6.89. The summed E-state index contributed by atoms with van der Waals surface area (Å²) >= 11 is 3.53. The van der Waals surface area contributed by atoms with Crippen molar-refractivity contribution in [3.63, 3.8) is 0 Å². The van der Waals surface area contributed by atoms with Gasteiger partial charge in [-0.15, -0.1) is 5.10 Å². The average molecular weight is 353 g/mol. The normalized spacial score (nSPS) is 22.2. The quantitative estimate of drug-likeness (QED) is 0.884. The third-order valence-electron chi connectivity index (χ3n) is 3.82. The van der Waals surface area contributed by atoms with Gasteiger partial charge in [0, 0.05) is 16.6 Å². The van der Waals surface area contributed by atoms with E-state index in [9.17, 15) is 4.79 Å². The van der Waals surface area contributed by atoms with E-state index in [2.05, 4.69) is 26.3 Å². The molecule has 1 fully saturated rings. The van der Waals surface area contributed by atoms with Crippen molar-refractivity contribution in [1.82, 2.24) is 9.78 Å². The van der Waals surface area contributed by atoms with E-state index >= 15 is 0 Å². The minimum absolute atomic E-state index is 0.325. The van der Waals surface area contributed by atoms with E-state index in [1.54, 1.807) is 0 Å². The first-order valence-electron chi connectivity index (χ1n) is 6.98. The second kappa shape index (κ2) is 6.03. The smallest absolute Gasteiger partial charge is 0.395 e. The lowest BCUT2D eigenvalue weighted by atomic mass is 9.91. The zero-order chi connectivity index (χ0) is 14.8. The van der Waals surface area contributed by atoms with Gasteiger partial charge < -0.3 is 15.5 Å². The van der Waals surface area contributed by atoms with Crippen LogP contribution in [-0.2, 0) is 0 Å². The van der Waals surface area contributed by atoms with Gasteiger partial charge in [-0.25, -0.2) is 4.79 Å². The third kappa shape index (κ3) is 3.19. The molecule has 6 nitrogen and oxygen atoms in total. The number of anilines is 1. The fourth-order valence-corrected chi connectivity index (χ4v) is 2.99. The first-order valence-corrected chi connectivity index (χ1v) is 7.77. The fraction of sp³-hybridized carbons (Fsp3) is 0.429. The summed E-state index contributed by atoms with van der Waals surface area (Å²) in [5.41, 5.74) is 7.55. The van der Waals surface area contributed by atoms with Crippen LogP contribution < -0.4 is 16.8 Å². The van der Waals surface area contributed by atoms with Crippen LogP contribution >= 0.6 is 15.9 Å². The Hall–Kier alpha value is -1.60. The number of benzene rings is 1. The van der Waals surface area contributed by atoms with Gasteiger partial charge in [0.2, 0.25) is 6.39 Å². The lowest BCUT2D eigenvalue weighted by Crippen LogP contribution is -2.32. The highest BCUT2D eigenvalue weighted by molar-refractivity contribution is 9.10. The minimum Gasteiger partial charge on any atom is -0.395 e. The largest absolute Gasteiger partial charge is 0.441 e. The van der Waals surface area contributed by atoms with Crippen LogP contribution in [0.15, 0.2) is 38.3 Å². The Morgan fingerprint density at radius 2 is 2.10 bits per heavy atom. The summed E-state index contributed by atoms with van der Waals surface area (Å²) in [5, 5.41) is 7.41. The second-order valence-electron chi connectivity index (χ2n) is 5.34. The average Bonchev–Trinajstić information content (AvgIpc) is 2.90. The van der Waals surface area contributed by atoms with Crippen molar-refractivity contribution in [2.45, 2.75) is 37.8 Å². The fourth-order valence-electron chi connectivity index (χ4n) is 2.62. The van der Waals surface area contributed by atoms with Crippen molar-refractivity contribution in [1.29, 1.82) is 0 Å². The standard InChI is InChI=1S/C14H17BrN4O2/c15-12-6-5-11(19-14(20)21-8-17-19)7-13(12)18-10-3-1-9(16)2-4-10/h5-10,18H,1-4,16H2. The van der Waals surface area contributed by atoms with Crippen LogP contribution in [0.1, 0.15) is 25.7 Å². The van der Waals surface area contributed by atoms with Gasteiger partial charge in [0.15, 0.2) is 0 Å². The molecule has 3 rings (SSSR count). The molecule has 0 spiro atoms. The summed E-state index contributed by atoms with van der Waals surface area (Å²) in [6.45, 7) is 0. The third-order valence-corrected chi connectivity index (χ3v) is 4.51. The zero-order valence-electron chi connectivity index (χ0n) is 11.5. The summed E-state index contributed by atoms with van der Waals surface area (Å²) in [4.78, 5) is 11.5. The molecule has 0 aliphatic heterocycles. The van der Waals surface area contributed by atoms with Gasteiger partial charge >= 0.3 is 5.76 Å². The lowest BCUT2D eigenvalue weighted by Gasteiger charge is -2.28. The predicted molar refractivity (Wildman–Crippen MR) is 83.7 cm³/mol. The summed E-state index contributed by atoms with van der Waals surface area (Å²) in [5.74, 6) is -0.494. The zero-order valence-corrected chi connectivity index (χ0v) is 13.0. The molecule has 0 bridgehead atoms. The Kier molecular flexibility index (Phi) is 4.12. The molecule has 1 aromatic heterocycles. The van der Waals surface area contributed by atoms with Crippen molar-refractivity contribution >= 4 is 21.6 Å². The summed E-state index contributed by atoms with van der Waals surface area (Å²) in [6.07, 6.45) is 5.33. The summed E-state index contributed by atoms with van der Waals surface area (Å²) in [7, 11) is 0. The minimum atomic E-state index is -0.494. The lowest BCUT2D eigenvalue weighted by molar-refractivity contribution is 0.411. The van der Waals surface area contributed by atoms with Crippen LogP contribution in [0.2, 0.25) is 0 Å². The first kappa shape index (κ1) is 14.3. The van der Waals surface area contributed by atoms with Crippen molar-refractivity contribution in [2.24, 2.45) is 5.73 Å². The molecule has 21 heavy (non-hydrogen) atoms. The van der Waals surface area contributed by atoms with Crippen LogP contribution in [0.4, 0.5) is 5.69 Å². The molecule has 7 heteroatoms. The van der Waals surface area contributed by atoms with Crippen LogP contribution in [0.5, 0.6) is 0 Å². The second-order valence-corrected chi connectivity index (χ2v) is 6.19. The molecule has 0 radical (unpaired) electrons. The molecule has 0 atom stereocenters. The topological polar surface area (TPSA) is 86.1 Å². The van der Waals surface area contributed by atoms with E-state index in [0.29, 0.717) is 17.8 Å².